The number of nitrogens with zero attached hydrogens (tertiary/aromatic N) is 2. The predicted octanol–water partition coefficient (Wildman–Crippen LogP) is 4.09. The van der Waals surface area contributed by atoms with Gasteiger partial charge in [0.1, 0.15) is 6.54 Å². The van der Waals surface area contributed by atoms with Crippen LogP contribution >= 0.6 is 27.3 Å². The summed E-state index contributed by atoms with van der Waals surface area (Å²) in [6, 6.07) is 7.15. The fourth-order valence-corrected chi connectivity index (χ4v) is 3.24. The number of halogens is 1. The van der Waals surface area contributed by atoms with Crippen LogP contribution < -0.4 is 5.32 Å². The number of amides is 2. The van der Waals surface area contributed by atoms with Crippen molar-refractivity contribution in [3.8, 4) is 0 Å². The Bertz CT molecular complexity index is 732. The van der Waals surface area contributed by atoms with Gasteiger partial charge in [0.05, 0.1) is 0 Å². The number of nitrogens with one attached hydrogen (secondary N) is 1. The third-order valence-corrected chi connectivity index (χ3v) is 4.96. The van der Waals surface area contributed by atoms with Crippen molar-refractivity contribution in [3.63, 3.8) is 0 Å². The number of hydrogen-bond donors (Lipinski definition) is 1. The molecule has 2 amide bonds. The normalized spacial score (nSPS) is 11.8. The quantitative estimate of drug-likeness (QED) is 0.780. The van der Waals surface area contributed by atoms with Crippen LogP contribution in [0.4, 0.5) is 5.13 Å². The molecule has 1 unspecified atom stereocenters. The van der Waals surface area contributed by atoms with Gasteiger partial charge in [0, 0.05) is 27.2 Å². The molecular weight excluding hydrogens is 390 g/mol. The SMILES string of the molecule is CCC(C)N(CC(=O)Nc1ncc(C)s1)C(=O)c1cccc(Br)c1. The lowest BCUT2D eigenvalue weighted by Crippen LogP contribution is -2.43. The Balaban J connectivity index is 2.13. The molecule has 2 aromatic rings. The maximum atomic E-state index is 12.8. The minimum absolute atomic E-state index is 0.00101. The van der Waals surface area contributed by atoms with Crippen LogP contribution in [0.15, 0.2) is 34.9 Å². The van der Waals surface area contributed by atoms with Gasteiger partial charge in [0.15, 0.2) is 5.13 Å². The number of thiazole rings is 1. The van der Waals surface area contributed by atoms with Gasteiger partial charge in [-0.3, -0.25) is 9.59 Å². The molecule has 1 atom stereocenters. The summed E-state index contributed by atoms with van der Waals surface area (Å²) in [4.78, 5) is 31.8. The van der Waals surface area contributed by atoms with Crippen molar-refractivity contribution in [3.05, 3.63) is 45.4 Å². The van der Waals surface area contributed by atoms with E-state index in [1.165, 1.54) is 11.3 Å². The standard InChI is InChI=1S/C17H20BrN3O2S/c1-4-11(2)21(16(23)13-6-5-7-14(18)8-13)10-15(22)20-17-19-9-12(3)24-17/h5-9,11H,4,10H2,1-3H3,(H,19,20,22). The van der Waals surface area contributed by atoms with Gasteiger partial charge in [-0.05, 0) is 38.5 Å². The van der Waals surface area contributed by atoms with Crippen molar-refractivity contribution in [2.24, 2.45) is 0 Å². The molecule has 0 aliphatic rings. The molecule has 1 aromatic carbocycles. The molecule has 0 aliphatic carbocycles. The van der Waals surface area contributed by atoms with Crippen molar-refractivity contribution in [1.82, 2.24) is 9.88 Å². The molecule has 0 spiro atoms. The minimum Gasteiger partial charge on any atom is -0.327 e. The molecular formula is C17H20BrN3O2S. The lowest BCUT2D eigenvalue weighted by Gasteiger charge is -2.28. The lowest BCUT2D eigenvalue weighted by molar-refractivity contribution is -0.117. The number of benzene rings is 1. The van der Waals surface area contributed by atoms with E-state index in [4.69, 9.17) is 0 Å². The fraction of sp³-hybridized carbons (Fsp3) is 0.353. The molecule has 5 nitrogen and oxygen atoms in total. The van der Waals surface area contributed by atoms with E-state index in [2.05, 4.69) is 26.2 Å². The zero-order valence-electron chi connectivity index (χ0n) is 13.9. The molecule has 0 radical (unpaired) electrons. The van der Waals surface area contributed by atoms with Gasteiger partial charge in [-0.15, -0.1) is 11.3 Å². The maximum absolute atomic E-state index is 12.8. The molecule has 2 rings (SSSR count). The van der Waals surface area contributed by atoms with Gasteiger partial charge in [0.2, 0.25) is 5.91 Å². The number of carbonyl (C=O) groups excluding carboxylic acids is 2. The molecule has 7 heteroatoms. The summed E-state index contributed by atoms with van der Waals surface area (Å²) in [6.45, 7) is 5.86. The van der Waals surface area contributed by atoms with Crippen LogP contribution in [0, 0.1) is 6.92 Å². The Morgan fingerprint density at radius 3 is 2.75 bits per heavy atom. The summed E-state index contributed by atoms with van der Waals surface area (Å²) in [6.07, 6.45) is 2.47. The second-order valence-corrected chi connectivity index (χ2v) is 7.68. The Hall–Kier alpha value is -1.73. The van der Waals surface area contributed by atoms with E-state index < -0.39 is 0 Å². The van der Waals surface area contributed by atoms with Crippen LogP contribution in [0.25, 0.3) is 0 Å². The summed E-state index contributed by atoms with van der Waals surface area (Å²) in [5, 5.41) is 3.31. The maximum Gasteiger partial charge on any atom is 0.254 e. The van der Waals surface area contributed by atoms with Crippen LogP contribution in [-0.4, -0.2) is 34.3 Å². The number of hydrogen-bond acceptors (Lipinski definition) is 4. The van der Waals surface area contributed by atoms with Crippen LogP contribution in [0.5, 0.6) is 0 Å². The van der Waals surface area contributed by atoms with E-state index in [9.17, 15) is 9.59 Å². The first kappa shape index (κ1) is 18.6. The molecule has 1 N–H and O–H groups in total. The van der Waals surface area contributed by atoms with E-state index in [-0.39, 0.29) is 24.4 Å². The zero-order valence-corrected chi connectivity index (χ0v) is 16.3. The summed E-state index contributed by atoms with van der Waals surface area (Å²) in [5.41, 5.74) is 0.558. The van der Waals surface area contributed by atoms with Gasteiger partial charge in [-0.2, -0.15) is 0 Å². The fourth-order valence-electron chi connectivity index (χ4n) is 2.16. The monoisotopic (exact) mass is 409 g/mol. The number of aromatic nitrogens is 1. The molecule has 0 bridgehead atoms. The molecule has 0 aliphatic heterocycles. The first-order chi connectivity index (χ1) is 11.4. The minimum atomic E-state index is -0.243. The third kappa shape index (κ3) is 4.88. The van der Waals surface area contributed by atoms with E-state index in [0.29, 0.717) is 10.7 Å². The van der Waals surface area contributed by atoms with E-state index >= 15 is 0 Å². The number of anilines is 1. The van der Waals surface area contributed by atoms with Gasteiger partial charge < -0.3 is 10.2 Å². The van der Waals surface area contributed by atoms with Crippen LogP contribution in [0.1, 0.15) is 35.5 Å². The first-order valence-electron chi connectivity index (χ1n) is 7.69. The van der Waals surface area contributed by atoms with Crippen LogP contribution in [0.3, 0.4) is 0 Å². The Kier molecular flexibility index (Phi) is 6.51. The highest BCUT2D eigenvalue weighted by Crippen LogP contribution is 2.18. The van der Waals surface area contributed by atoms with Crippen molar-refractivity contribution in [2.75, 3.05) is 11.9 Å². The first-order valence-corrected chi connectivity index (χ1v) is 9.30. The molecule has 0 saturated carbocycles. The zero-order chi connectivity index (χ0) is 17.7. The highest BCUT2D eigenvalue weighted by molar-refractivity contribution is 9.10. The molecule has 1 aromatic heterocycles. The smallest absolute Gasteiger partial charge is 0.254 e. The van der Waals surface area contributed by atoms with Crippen molar-refractivity contribution in [2.45, 2.75) is 33.2 Å². The average molecular weight is 410 g/mol. The van der Waals surface area contributed by atoms with Gasteiger partial charge in [-0.1, -0.05) is 28.9 Å². The molecule has 128 valence electrons. The van der Waals surface area contributed by atoms with E-state index in [0.717, 1.165) is 15.8 Å². The molecule has 0 fully saturated rings. The third-order valence-electron chi connectivity index (χ3n) is 3.64. The second-order valence-electron chi connectivity index (χ2n) is 5.52. The Morgan fingerprint density at radius 2 is 2.17 bits per heavy atom. The van der Waals surface area contributed by atoms with Crippen LogP contribution in [0.2, 0.25) is 0 Å². The van der Waals surface area contributed by atoms with Gasteiger partial charge >= 0.3 is 0 Å². The largest absolute Gasteiger partial charge is 0.327 e. The summed E-state index contributed by atoms with van der Waals surface area (Å²) >= 11 is 4.79. The Morgan fingerprint density at radius 1 is 1.42 bits per heavy atom. The molecule has 24 heavy (non-hydrogen) atoms. The number of aryl methyl sites for hydroxylation is 1. The number of rotatable bonds is 6. The van der Waals surface area contributed by atoms with Crippen molar-refractivity contribution in [1.29, 1.82) is 0 Å². The average Bonchev–Trinajstić information content (AvgIpc) is 2.96. The van der Waals surface area contributed by atoms with Crippen molar-refractivity contribution >= 4 is 44.2 Å². The van der Waals surface area contributed by atoms with Crippen molar-refractivity contribution < 1.29 is 9.59 Å². The van der Waals surface area contributed by atoms with E-state index in [1.807, 2.05) is 32.9 Å². The topological polar surface area (TPSA) is 62.3 Å². The molecule has 0 saturated heterocycles. The van der Waals surface area contributed by atoms with Crippen LogP contribution in [-0.2, 0) is 4.79 Å². The second kappa shape index (κ2) is 8.39. The Labute approximate surface area is 154 Å². The summed E-state index contributed by atoms with van der Waals surface area (Å²) in [7, 11) is 0. The predicted molar refractivity (Wildman–Crippen MR) is 100 cm³/mol. The summed E-state index contributed by atoms with van der Waals surface area (Å²) < 4.78 is 0.833. The van der Waals surface area contributed by atoms with E-state index in [1.54, 1.807) is 23.2 Å². The lowest BCUT2D eigenvalue weighted by atomic mass is 10.1. The van der Waals surface area contributed by atoms with Gasteiger partial charge in [0.25, 0.3) is 5.91 Å². The van der Waals surface area contributed by atoms with Gasteiger partial charge in [-0.25, -0.2) is 4.98 Å². The summed E-state index contributed by atoms with van der Waals surface area (Å²) in [5.74, 6) is -0.399. The highest BCUT2D eigenvalue weighted by Gasteiger charge is 2.23. The molecule has 1 heterocycles. The highest BCUT2D eigenvalue weighted by atomic mass is 79.9. The number of carbonyl (C=O) groups is 2.